The number of aromatic nitrogens is 1. The molecule has 0 bridgehead atoms. The van der Waals surface area contributed by atoms with Crippen LogP contribution >= 0.6 is 27.3 Å². The van der Waals surface area contributed by atoms with Crippen LogP contribution in [0, 0.1) is 0 Å². The summed E-state index contributed by atoms with van der Waals surface area (Å²) in [5.74, 6) is 0. The molecule has 2 aromatic rings. The van der Waals surface area contributed by atoms with Crippen molar-refractivity contribution in [1.29, 1.82) is 0 Å². The van der Waals surface area contributed by atoms with Crippen LogP contribution in [0.2, 0.25) is 0 Å². The number of halogens is 1. The van der Waals surface area contributed by atoms with Crippen molar-refractivity contribution < 1.29 is 8.42 Å². The Morgan fingerprint density at radius 2 is 2.21 bits per heavy atom. The van der Waals surface area contributed by atoms with Gasteiger partial charge in [-0.2, -0.15) is 4.31 Å². The minimum Gasteiger partial charge on any atom is -0.363 e. The average Bonchev–Trinajstić information content (AvgIpc) is 2.98. The molecule has 0 aromatic carbocycles. The van der Waals surface area contributed by atoms with Gasteiger partial charge in [-0.15, -0.1) is 11.3 Å². The molecule has 0 aliphatic carbocycles. The predicted octanol–water partition coefficient (Wildman–Crippen LogP) is 2.12. The van der Waals surface area contributed by atoms with E-state index < -0.39 is 10.0 Å². The summed E-state index contributed by atoms with van der Waals surface area (Å²) in [6.07, 6.45) is 1.47. The van der Waals surface area contributed by atoms with E-state index in [9.17, 15) is 8.42 Å². The highest BCUT2D eigenvalue weighted by atomic mass is 79.9. The van der Waals surface area contributed by atoms with Crippen LogP contribution in [0.15, 0.2) is 32.4 Å². The number of thiophene rings is 1. The second-order valence-electron chi connectivity index (χ2n) is 4.08. The second-order valence-corrected chi connectivity index (χ2v) is 8.42. The van der Waals surface area contributed by atoms with Crippen molar-refractivity contribution in [2.45, 2.75) is 18.0 Å². The smallest absolute Gasteiger partial charge is 0.244 e. The van der Waals surface area contributed by atoms with E-state index in [0.29, 0.717) is 12.2 Å². The number of H-pyrrole nitrogens is 1. The predicted molar refractivity (Wildman–Crippen MR) is 79.4 cm³/mol. The van der Waals surface area contributed by atoms with Gasteiger partial charge in [-0.25, -0.2) is 8.42 Å². The van der Waals surface area contributed by atoms with Crippen molar-refractivity contribution in [3.8, 4) is 0 Å². The molecule has 0 spiro atoms. The summed E-state index contributed by atoms with van der Waals surface area (Å²) in [5.41, 5.74) is 7.12. The van der Waals surface area contributed by atoms with Crippen LogP contribution in [-0.4, -0.2) is 24.8 Å². The summed E-state index contributed by atoms with van der Waals surface area (Å²) in [6.45, 7) is 0.629. The molecule has 2 aromatic heterocycles. The molecular weight excluding hydrogens is 350 g/mol. The van der Waals surface area contributed by atoms with E-state index in [1.54, 1.807) is 13.1 Å². The summed E-state index contributed by atoms with van der Waals surface area (Å²) < 4.78 is 27.0. The largest absolute Gasteiger partial charge is 0.363 e. The molecule has 0 amide bonds. The van der Waals surface area contributed by atoms with Gasteiger partial charge in [0, 0.05) is 32.0 Å². The number of hydrogen-bond donors (Lipinski definition) is 2. The van der Waals surface area contributed by atoms with Gasteiger partial charge in [0.2, 0.25) is 10.0 Å². The van der Waals surface area contributed by atoms with Gasteiger partial charge in [-0.3, -0.25) is 0 Å². The second kappa shape index (κ2) is 5.76. The maximum Gasteiger partial charge on any atom is 0.244 e. The van der Waals surface area contributed by atoms with E-state index >= 15 is 0 Å². The zero-order chi connectivity index (χ0) is 14.0. The maximum absolute atomic E-state index is 12.3. The Morgan fingerprint density at radius 1 is 1.47 bits per heavy atom. The number of hydrogen-bond acceptors (Lipinski definition) is 4. The Balaban J connectivity index is 2.19. The third-order valence-electron chi connectivity index (χ3n) is 2.67. The molecule has 0 fully saturated rings. The minimum atomic E-state index is -3.48. The van der Waals surface area contributed by atoms with Gasteiger partial charge in [0.05, 0.1) is 8.68 Å². The third kappa shape index (κ3) is 3.26. The van der Waals surface area contributed by atoms with Crippen molar-refractivity contribution in [1.82, 2.24) is 9.29 Å². The SMILES string of the molecule is CN(Cc1csc(Br)c1)S(=O)(=O)c1c[nH]c(CN)c1. The van der Waals surface area contributed by atoms with Crippen LogP contribution < -0.4 is 5.73 Å². The topological polar surface area (TPSA) is 79.2 Å². The van der Waals surface area contributed by atoms with Crippen LogP contribution in [-0.2, 0) is 23.1 Å². The lowest BCUT2D eigenvalue weighted by Crippen LogP contribution is -2.26. The van der Waals surface area contributed by atoms with E-state index in [-0.39, 0.29) is 11.4 Å². The summed E-state index contributed by atoms with van der Waals surface area (Å²) in [4.78, 5) is 3.09. The van der Waals surface area contributed by atoms with Crippen LogP contribution in [0.5, 0.6) is 0 Å². The molecule has 0 saturated heterocycles. The number of aromatic amines is 1. The molecule has 5 nitrogen and oxygen atoms in total. The van der Waals surface area contributed by atoms with Crippen molar-refractivity contribution in [3.63, 3.8) is 0 Å². The van der Waals surface area contributed by atoms with E-state index in [0.717, 1.165) is 9.35 Å². The minimum absolute atomic E-state index is 0.241. The first-order valence-electron chi connectivity index (χ1n) is 5.50. The highest BCUT2D eigenvalue weighted by Crippen LogP contribution is 2.23. The molecule has 2 heterocycles. The highest BCUT2D eigenvalue weighted by Gasteiger charge is 2.22. The molecule has 19 heavy (non-hydrogen) atoms. The van der Waals surface area contributed by atoms with Crippen LogP contribution in [0.1, 0.15) is 11.3 Å². The number of nitrogens with zero attached hydrogens (tertiary/aromatic N) is 1. The fraction of sp³-hybridized carbons (Fsp3) is 0.273. The molecule has 0 unspecified atom stereocenters. The number of sulfonamides is 1. The Bertz CT molecular complexity index is 663. The zero-order valence-corrected chi connectivity index (χ0v) is 13.5. The van der Waals surface area contributed by atoms with Crippen molar-refractivity contribution >= 4 is 37.3 Å². The number of nitrogens with one attached hydrogen (secondary N) is 1. The maximum atomic E-state index is 12.3. The molecule has 104 valence electrons. The summed E-state index contributed by atoms with van der Waals surface area (Å²) in [7, 11) is -1.92. The molecule has 0 saturated carbocycles. The van der Waals surface area contributed by atoms with Crippen LogP contribution in [0.3, 0.4) is 0 Å². The summed E-state index contributed by atoms with van der Waals surface area (Å²) in [5, 5.41) is 1.93. The lowest BCUT2D eigenvalue weighted by atomic mass is 10.3. The van der Waals surface area contributed by atoms with Gasteiger partial charge < -0.3 is 10.7 Å². The van der Waals surface area contributed by atoms with Gasteiger partial charge in [0.1, 0.15) is 0 Å². The van der Waals surface area contributed by atoms with Gasteiger partial charge >= 0.3 is 0 Å². The van der Waals surface area contributed by atoms with Crippen molar-refractivity contribution in [3.05, 3.63) is 38.8 Å². The fourth-order valence-electron chi connectivity index (χ4n) is 1.64. The molecule has 0 radical (unpaired) electrons. The summed E-state index contributed by atoms with van der Waals surface area (Å²) >= 11 is 4.89. The van der Waals surface area contributed by atoms with E-state index in [4.69, 9.17) is 5.73 Å². The first-order valence-corrected chi connectivity index (χ1v) is 8.61. The number of nitrogens with two attached hydrogens (primary N) is 1. The Morgan fingerprint density at radius 3 is 2.74 bits per heavy atom. The van der Waals surface area contributed by atoms with Crippen molar-refractivity contribution in [2.75, 3.05) is 7.05 Å². The van der Waals surface area contributed by atoms with Crippen LogP contribution in [0.25, 0.3) is 0 Å². The molecule has 0 aliphatic heterocycles. The van der Waals surface area contributed by atoms with Gasteiger partial charge in [-0.05, 0) is 39.0 Å². The lowest BCUT2D eigenvalue weighted by molar-refractivity contribution is 0.467. The van der Waals surface area contributed by atoms with Gasteiger partial charge in [0.15, 0.2) is 0 Å². The van der Waals surface area contributed by atoms with Crippen molar-refractivity contribution in [2.24, 2.45) is 5.73 Å². The molecule has 2 rings (SSSR count). The van der Waals surface area contributed by atoms with Gasteiger partial charge in [0.25, 0.3) is 0 Å². The summed E-state index contributed by atoms with van der Waals surface area (Å²) in [6, 6.07) is 3.48. The monoisotopic (exact) mass is 363 g/mol. The first-order chi connectivity index (χ1) is 8.93. The third-order valence-corrected chi connectivity index (χ3v) is 6.01. The molecule has 8 heteroatoms. The highest BCUT2D eigenvalue weighted by molar-refractivity contribution is 9.11. The quantitative estimate of drug-likeness (QED) is 0.853. The normalized spacial score (nSPS) is 12.2. The Kier molecular flexibility index (Phi) is 4.46. The van der Waals surface area contributed by atoms with Crippen LogP contribution in [0.4, 0.5) is 0 Å². The lowest BCUT2D eigenvalue weighted by Gasteiger charge is -2.15. The van der Waals surface area contributed by atoms with Gasteiger partial charge in [-0.1, -0.05) is 0 Å². The molecule has 3 N–H and O–H groups in total. The number of rotatable bonds is 5. The Hall–Kier alpha value is -0.670. The average molecular weight is 364 g/mol. The molecular formula is C11H14BrN3O2S2. The first kappa shape index (κ1) is 14.7. The van der Waals surface area contributed by atoms with E-state index in [1.807, 2.05) is 11.4 Å². The standard InChI is InChI=1S/C11H14BrN3O2S2/c1-15(6-8-2-11(12)18-7-8)19(16,17)10-3-9(4-13)14-5-10/h2-3,5,7,14H,4,6,13H2,1H3. The van der Waals surface area contributed by atoms with E-state index in [2.05, 4.69) is 20.9 Å². The van der Waals surface area contributed by atoms with E-state index in [1.165, 1.54) is 21.8 Å². The molecule has 0 aliphatic rings. The zero-order valence-electron chi connectivity index (χ0n) is 10.3. The molecule has 0 atom stereocenters. The Labute approximate surface area is 124 Å². The fourth-order valence-corrected chi connectivity index (χ4v) is 4.01.